The second-order valence-electron chi connectivity index (χ2n) is 20.4. The summed E-state index contributed by atoms with van der Waals surface area (Å²) in [7, 11) is -2.77. The van der Waals surface area contributed by atoms with Gasteiger partial charge in [-0.2, -0.15) is 0 Å². The van der Waals surface area contributed by atoms with Gasteiger partial charge >= 0.3 is 12.1 Å². The SMILES string of the molecule is CC(=O)O[C@H]1[C@H](OCc2ccccc2)[C@@H](NC(=O)OCc2ccccc2)[C@H](O[C@H]2[C@H](OCc3ccccc3)[C@@H](NC(=O)C(Cl)(Cl)Cl)[C@H](O[Si](C)(C)C(C)(C)C)O[C@@H]2COCc2ccccc2)O[C@@H]1COCc1ccccc1. The van der Waals surface area contributed by atoms with Crippen LogP contribution in [0.2, 0.25) is 18.1 Å². The Morgan fingerprint density at radius 3 is 1.35 bits per heavy atom. The number of benzene rings is 5. The Labute approximate surface area is 467 Å². The molecule has 2 aliphatic rings. The number of carbonyl (C=O) groups excluding carboxylic acids is 3. The third-order valence-electron chi connectivity index (χ3n) is 13.5. The molecule has 7 rings (SSSR count). The van der Waals surface area contributed by atoms with Crippen molar-refractivity contribution in [2.24, 2.45) is 0 Å². The molecule has 0 unspecified atom stereocenters. The number of hydrogen-bond donors (Lipinski definition) is 2. The van der Waals surface area contributed by atoms with Crippen LogP contribution in [0.5, 0.6) is 0 Å². The van der Waals surface area contributed by atoms with E-state index in [-0.39, 0.29) is 51.3 Å². The summed E-state index contributed by atoms with van der Waals surface area (Å²) >= 11 is 18.9. The summed E-state index contributed by atoms with van der Waals surface area (Å²) in [4.78, 5) is 41.5. The summed E-state index contributed by atoms with van der Waals surface area (Å²) in [6.45, 7) is 11.6. The summed E-state index contributed by atoms with van der Waals surface area (Å²) in [5.41, 5.74) is 4.07. The number of esters is 1. The fourth-order valence-electron chi connectivity index (χ4n) is 8.52. The van der Waals surface area contributed by atoms with Gasteiger partial charge in [-0.05, 0) is 45.9 Å². The molecule has 2 fully saturated rings. The van der Waals surface area contributed by atoms with E-state index in [9.17, 15) is 14.4 Å². The molecule has 15 nitrogen and oxygen atoms in total. The first kappa shape index (κ1) is 59.7. The zero-order chi connectivity index (χ0) is 55.0. The summed E-state index contributed by atoms with van der Waals surface area (Å²) in [6.07, 6.45) is -10.5. The Balaban J connectivity index is 1.35. The summed E-state index contributed by atoms with van der Waals surface area (Å²) in [5, 5.41) is 5.53. The van der Waals surface area contributed by atoms with Crippen molar-refractivity contribution in [1.82, 2.24) is 10.6 Å². The van der Waals surface area contributed by atoms with Gasteiger partial charge in [-0.15, -0.1) is 0 Å². The quantitative estimate of drug-likeness (QED) is 0.0361. The highest BCUT2D eigenvalue weighted by molar-refractivity contribution is 6.76. The molecule has 0 spiro atoms. The van der Waals surface area contributed by atoms with Gasteiger partial charge in [0.25, 0.3) is 9.70 Å². The second kappa shape index (κ2) is 28.3. The largest absolute Gasteiger partial charge is 0.457 e. The highest BCUT2D eigenvalue weighted by Gasteiger charge is 2.57. The number of hydrogen-bond acceptors (Lipinski definition) is 13. The van der Waals surface area contributed by atoms with E-state index in [4.69, 9.17) is 81.9 Å². The highest BCUT2D eigenvalue weighted by Crippen LogP contribution is 2.41. The van der Waals surface area contributed by atoms with Gasteiger partial charge in [-0.3, -0.25) is 9.59 Å². The maximum atomic E-state index is 14.3. The molecule has 414 valence electrons. The molecule has 5 aromatic rings. The van der Waals surface area contributed by atoms with Crippen LogP contribution in [0.4, 0.5) is 4.79 Å². The number of alkyl halides is 3. The average molecular weight is 1140 g/mol. The smallest absolute Gasteiger partial charge is 0.407 e. The van der Waals surface area contributed by atoms with E-state index in [1.807, 2.05) is 165 Å². The zero-order valence-corrected chi connectivity index (χ0v) is 47.4. The lowest BCUT2D eigenvalue weighted by Gasteiger charge is -2.52. The van der Waals surface area contributed by atoms with Crippen molar-refractivity contribution < 1.29 is 61.4 Å². The summed E-state index contributed by atoms with van der Waals surface area (Å²) in [6, 6.07) is 44.6. The summed E-state index contributed by atoms with van der Waals surface area (Å²) in [5.74, 6) is -1.62. The Bertz CT molecular complexity index is 2580. The van der Waals surface area contributed by atoms with Crippen LogP contribution in [0.3, 0.4) is 0 Å². The van der Waals surface area contributed by atoms with Crippen LogP contribution in [0.15, 0.2) is 152 Å². The van der Waals surface area contributed by atoms with Crippen molar-refractivity contribution in [3.63, 3.8) is 0 Å². The number of carbonyl (C=O) groups is 3. The lowest BCUT2D eigenvalue weighted by atomic mass is 9.94. The molecule has 0 aromatic heterocycles. The number of nitrogens with one attached hydrogen (secondary N) is 2. The van der Waals surface area contributed by atoms with Crippen molar-refractivity contribution in [2.45, 2.75) is 144 Å². The van der Waals surface area contributed by atoms with Crippen LogP contribution in [0.1, 0.15) is 55.5 Å². The summed E-state index contributed by atoms with van der Waals surface area (Å²) < 4.78 is 64.4. The number of ether oxygens (including phenoxy) is 9. The van der Waals surface area contributed by atoms with Crippen LogP contribution in [-0.2, 0) is 89.7 Å². The molecule has 2 amide bonds. The van der Waals surface area contributed by atoms with Crippen LogP contribution in [0.25, 0.3) is 0 Å². The molecular weight excluding hydrogens is 1070 g/mol. The van der Waals surface area contributed by atoms with E-state index in [1.54, 1.807) is 0 Å². The molecule has 0 aliphatic carbocycles. The van der Waals surface area contributed by atoms with Crippen LogP contribution in [-0.4, -0.2) is 105 Å². The normalized spacial score (nSPS) is 23.9. The van der Waals surface area contributed by atoms with Crippen molar-refractivity contribution in [3.8, 4) is 0 Å². The van der Waals surface area contributed by atoms with Gasteiger partial charge < -0.3 is 57.7 Å². The zero-order valence-electron chi connectivity index (χ0n) is 44.1. The van der Waals surface area contributed by atoms with E-state index in [0.29, 0.717) is 0 Å². The third kappa shape index (κ3) is 17.8. The monoisotopic (exact) mass is 1130 g/mol. The highest BCUT2D eigenvalue weighted by atomic mass is 35.6. The Hall–Kier alpha value is -4.92. The van der Waals surface area contributed by atoms with Gasteiger partial charge in [0, 0.05) is 6.92 Å². The van der Waals surface area contributed by atoms with Gasteiger partial charge in [0.2, 0.25) is 0 Å². The fraction of sp³-hybridized carbons (Fsp3) is 0.431. The molecule has 2 heterocycles. The first-order chi connectivity index (χ1) is 36.8. The molecule has 5 aromatic carbocycles. The van der Waals surface area contributed by atoms with Crippen molar-refractivity contribution in [2.75, 3.05) is 13.2 Å². The number of alkyl carbamates (subject to hydrolysis) is 1. The molecule has 0 radical (unpaired) electrons. The maximum Gasteiger partial charge on any atom is 0.407 e. The molecule has 0 saturated carbocycles. The number of halogens is 3. The fourth-order valence-corrected chi connectivity index (χ4v) is 9.82. The molecule has 19 heteroatoms. The van der Waals surface area contributed by atoms with E-state index in [2.05, 4.69) is 31.4 Å². The Morgan fingerprint density at radius 2 is 0.922 bits per heavy atom. The van der Waals surface area contributed by atoms with E-state index < -0.39 is 91.4 Å². The predicted octanol–water partition coefficient (Wildman–Crippen LogP) is 10.5. The average Bonchev–Trinajstić information content (AvgIpc) is 3.40. The Morgan fingerprint density at radius 1 is 0.532 bits per heavy atom. The Kier molecular flexibility index (Phi) is 21.9. The minimum atomic E-state index is -2.77. The second-order valence-corrected chi connectivity index (χ2v) is 27.4. The van der Waals surface area contributed by atoms with Crippen molar-refractivity contribution in [3.05, 3.63) is 179 Å². The molecule has 2 aliphatic heterocycles. The predicted molar refractivity (Wildman–Crippen MR) is 294 cm³/mol. The van der Waals surface area contributed by atoms with Gasteiger partial charge in [0.15, 0.2) is 27.0 Å². The van der Waals surface area contributed by atoms with Gasteiger partial charge in [0.05, 0.1) is 39.6 Å². The van der Waals surface area contributed by atoms with E-state index >= 15 is 0 Å². The number of amides is 2. The topological polar surface area (TPSA) is 168 Å². The van der Waals surface area contributed by atoms with E-state index in [1.165, 1.54) is 6.92 Å². The first-order valence-corrected chi connectivity index (χ1v) is 29.6. The van der Waals surface area contributed by atoms with Crippen LogP contribution < -0.4 is 10.6 Å². The van der Waals surface area contributed by atoms with Gasteiger partial charge in [0.1, 0.15) is 49.2 Å². The molecule has 0 bridgehead atoms. The third-order valence-corrected chi connectivity index (χ3v) is 18.5. The van der Waals surface area contributed by atoms with Crippen molar-refractivity contribution in [1.29, 1.82) is 0 Å². The first-order valence-electron chi connectivity index (χ1n) is 25.6. The minimum absolute atomic E-state index is 0.00219. The molecule has 2 saturated heterocycles. The van der Waals surface area contributed by atoms with Gasteiger partial charge in [-0.1, -0.05) is 207 Å². The van der Waals surface area contributed by atoms with E-state index in [0.717, 1.165) is 27.8 Å². The van der Waals surface area contributed by atoms with Crippen LogP contribution >= 0.6 is 34.8 Å². The number of rotatable bonds is 23. The molecule has 10 atom stereocenters. The lowest BCUT2D eigenvalue weighted by Crippen LogP contribution is -2.71. The maximum absolute atomic E-state index is 14.3. The van der Waals surface area contributed by atoms with Crippen molar-refractivity contribution >= 4 is 61.1 Å². The van der Waals surface area contributed by atoms with Crippen LogP contribution in [0, 0.1) is 0 Å². The standard InChI is InChI=1S/C58H69Cl3N2O13Si/c1-39(64)72-49-45(37-67-32-40-22-12-7-13-23-40)73-53(47(51(49)69-34-42-26-16-9-17-27-42)63-56(66)71-36-44-30-20-11-21-31-44)75-50-46(38-68-33-41-24-14-8-15-25-41)74-54(76-77(5,6)57(2,3)4)48(62-55(65)58(59,60)61)52(50)70-35-43-28-18-10-19-29-43/h7-31,45-54H,32-38H2,1-6H3,(H,62,65)(H,63,66)/t45-,46-,47-,48-,49-,50-,51-,52-,53+,54+/m1/s1. The molecular formula is C58H69Cl3N2O13Si. The minimum Gasteiger partial charge on any atom is -0.457 e. The molecule has 2 N–H and O–H groups in total. The van der Waals surface area contributed by atoms with Gasteiger partial charge in [-0.25, -0.2) is 4.79 Å². The molecule has 77 heavy (non-hydrogen) atoms. The lowest BCUT2D eigenvalue weighted by molar-refractivity contribution is -0.336.